The van der Waals surface area contributed by atoms with Gasteiger partial charge in [0.25, 0.3) is 5.91 Å². The maximum absolute atomic E-state index is 12.7. The Morgan fingerprint density at radius 1 is 1.09 bits per heavy atom. The van der Waals surface area contributed by atoms with E-state index in [2.05, 4.69) is 15.6 Å². The summed E-state index contributed by atoms with van der Waals surface area (Å²) in [5.74, 6) is -0.0972. The van der Waals surface area contributed by atoms with Gasteiger partial charge in [0.15, 0.2) is 10.9 Å². The molecule has 1 amide bonds. The monoisotopic (exact) mass is 459 g/mol. The van der Waals surface area contributed by atoms with Gasteiger partial charge in [-0.15, -0.1) is 11.3 Å². The summed E-state index contributed by atoms with van der Waals surface area (Å²) in [6.07, 6.45) is 0. The molecule has 8 heteroatoms. The second-order valence-corrected chi connectivity index (χ2v) is 8.62. The van der Waals surface area contributed by atoms with E-state index < -0.39 is 5.91 Å². The second kappa shape index (κ2) is 8.07. The summed E-state index contributed by atoms with van der Waals surface area (Å²) in [4.78, 5) is 17.3. The standard InChI is InChI=1S/C24H17N3O3S2/c1-13-15-6-2-4-8-19(15)30-21(13)22(29)27-24(31)25-14-10-11-18(28)16(12-14)23-26-17-7-3-5-9-20(17)32-23/h2-12,28H,1H3,(H2,25,27,29,31). The number of nitrogens with one attached hydrogen (secondary N) is 2. The van der Waals surface area contributed by atoms with Crippen molar-refractivity contribution in [3.05, 3.63) is 78.1 Å². The smallest absolute Gasteiger partial charge is 0.293 e. The van der Waals surface area contributed by atoms with Crippen LogP contribution in [-0.2, 0) is 0 Å². The van der Waals surface area contributed by atoms with E-state index in [1.54, 1.807) is 18.2 Å². The molecule has 32 heavy (non-hydrogen) atoms. The number of carbonyl (C=O) groups excluding carboxylic acids is 1. The lowest BCUT2D eigenvalue weighted by Crippen LogP contribution is -2.34. The Balaban J connectivity index is 1.35. The first-order chi connectivity index (χ1) is 15.5. The number of aromatic hydroxyl groups is 1. The SMILES string of the molecule is Cc1c(C(=O)NC(=S)Nc2ccc(O)c(-c3nc4ccccc4s3)c2)oc2ccccc12. The summed E-state index contributed by atoms with van der Waals surface area (Å²) in [6, 6.07) is 20.3. The summed E-state index contributed by atoms with van der Waals surface area (Å²) < 4.78 is 6.73. The maximum Gasteiger partial charge on any atom is 0.293 e. The molecule has 3 aromatic carbocycles. The Hall–Kier alpha value is -3.75. The van der Waals surface area contributed by atoms with Crippen LogP contribution in [0.1, 0.15) is 16.1 Å². The number of carbonyl (C=O) groups is 1. The molecule has 0 unspecified atom stereocenters. The van der Waals surface area contributed by atoms with E-state index in [0.29, 0.717) is 21.8 Å². The van der Waals surface area contributed by atoms with Gasteiger partial charge < -0.3 is 14.8 Å². The molecule has 158 valence electrons. The van der Waals surface area contributed by atoms with Gasteiger partial charge in [-0.1, -0.05) is 30.3 Å². The number of aromatic nitrogens is 1. The van der Waals surface area contributed by atoms with Crippen molar-refractivity contribution in [1.82, 2.24) is 10.3 Å². The normalized spacial score (nSPS) is 11.0. The zero-order chi connectivity index (χ0) is 22.2. The molecule has 0 fully saturated rings. The van der Waals surface area contributed by atoms with Crippen LogP contribution in [0.4, 0.5) is 5.69 Å². The van der Waals surface area contributed by atoms with Crippen LogP contribution in [0.5, 0.6) is 5.75 Å². The molecule has 6 nitrogen and oxygen atoms in total. The minimum Gasteiger partial charge on any atom is -0.507 e. The number of phenols is 1. The number of hydrogen-bond acceptors (Lipinski definition) is 6. The van der Waals surface area contributed by atoms with Crippen molar-refractivity contribution in [3.63, 3.8) is 0 Å². The highest BCUT2D eigenvalue weighted by Gasteiger charge is 2.19. The third-order valence-electron chi connectivity index (χ3n) is 5.06. The first-order valence-corrected chi connectivity index (χ1v) is 11.0. The number of para-hydroxylation sites is 2. The van der Waals surface area contributed by atoms with Gasteiger partial charge in [-0.25, -0.2) is 4.98 Å². The van der Waals surface area contributed by atoms with Gasteiger partial charge in [-0.3, -0.25) is 10.1 Å². The van der Waals surface area contributed by atoms with E-state index in [0.717, 1.165) is 21.2 Å². The molecular weight excluding hydrogens is 442 g/mol. The Morgan fingerprint density at radius 2 is 1.88 bits per heavy atom. The van der Waals surface area contributed by atoms with Gasteiger partial charge in [-0.05, 0) is 55.5 Å². The van der Waals surface area contributed by atoms with Crippen LogP contribution in [0, 0.1) is 6.92 Å². The number of benzene rings is 3. The molecular formula is C24H17N3O3S2. The van der Waals surface area contributed by atoms with Gasteiger partial charge in [0.1, 0.15) is 16.3 Å². The molecule has 2 heterocycles. The molecule has 0 radical (unpaired) electrons. The van der Waals surface area contributed by atoms with Gasteiger partial charge in [0, 0.05) is 16.6 Å². The van der Waals surface area contributed by atoms with Crippen LogP contribution in [0.25, 0.3) is 31.8 Å². The minimum atomic E-state index is -0.429. The predicted octanol–water partition coefficient (Wildman–Crippen LogP) is 5.85. The number of phenolic OH excluding ortho intramolecular Hbond substituents is 1. The summed E-state index contributed by atoms with van der Waals surface area (Å²) >= 11 is 6.81. The molecule has 0 saturated carbocycles. The Kier molecular flexibility index (Phi) is 5.08. The lowest BCUT2D eigenvalue weighted by atomic mass is 10.1. The van der Waals surface area contributed by atoms with E-state index in [4.69, 9.17) is 16.6 Å². The van der Waals surface area contributed by atoms with Crippen LogP contribution >= 0.6 is 23.6 Å². The van der Waals surface area contributed by atoms with Crippen molar-refractivity contribution in [2.45, 2.75) is 6.92 Å². The van der Waals surface area contributed by atoms with Crippen LogP contribution < -0.4 is 10.6 Å². The number of hydrogen-bond donors (Lipinski definition) is 3. The molecule has 0 aliphatic heterocycles. The first-order valence-electron chi connectivity index (χ1n) is 9.79. The molecule has 0 aliphatic rings. The number of thiocarbonyl (C=S) groups is 1. The van der Waals surface area contributed by atoms with E-state index in [-0.39, 0.29) is 16.6 Å². The van der Waals surface area contributed by atoms with Crippen LogP contribution in [-0.4, -0.2) is 21.1 Å². The van der Waals surface area contributed by atoms with Crippen LogP contribution in [0.2, 0.25) is 0 Å². The number of fused-ring (bicyclic) bond motifs is 2. The van der Waals surface area contributed by atoms with Crippen molar-refractivity contribution in [1.29, 1.82) is 0 Å². The quantitative estimate of drug-likeness (QED) is 0.232. The second-order valence-electron chi connectivity index (χ2n) is 7.18. The Labute approximate surface area is 192 Å². The highest BCUT2D eigenvalue weighted by Crippen LogP contribution is 2.36. The third-order valence-corrected chi connectivity index (χ3v) is 6.33. The topological polar surface area (TPSA) is 87.4 Å². The fourth-order valence-corrected chi connectivity index (χ4v) is 4.69. The van der Waals surface area contributed by atoms with Crippen molar-refractivity contribution >= 4 is 61.4 Å². The summed E-state index contributed by atoms with van der Waals surface area (Å²) in [6.45, 7) is 1.83. The summed E-state index contributed by atoms with van der Waals surface area (Å²) in [5, 5.41) is 17.7. The highest BCUT2D eigenvalue weighted by molar-refractivity contribution is 7.80. The van der Waals surface area contributed by atoms with Crippen LogP contribution in [0.3, 0.4) is 0 Å². The van der Waals surface area contributed by atoms with Crippen LogP contribution in [0.15, 0.2) is 71.1 Å². The number of rotatable bonds is 3. The number of nitrogens with zero attached hydrogens (tertiary/aromatic N) is 1. The number of aryl methyl sites for hydroxylation is 1. The lowest BCUT2D eigenvalue weighted by Gasteiger charge is -2.10. The van der Waals surface area contributed by atoms with Crippen molar-refractivity contribution in [3.8, 4) is 16.3 Å². The highest BCUT2D eigenvalue weighted by atomic mass is 32.1. The molecule has 0 atom stereocenters. The number of thiazole rings is 1. The third kappa shape index (κ3) is 3.70. The minimum absolute atomic E-state index is 0.113. The largest absolute Gasteiger partial charge is 0.507 e. The van der Waals surface area contributed by atoms with Gasteiger partial charge >= 0.3 is 0 Å². The first kappa shape index (κ1) is 20.2. The van der Waals surface area contributed by atoms with Gasteiger partial charge in [0.05, 0.1) is 15.8 Å². The van der Waals surface area contributed by atoms with Gasteiger partial charge in [0.2, 0.25) is 0 Å². The number of anilines is 1. The zero-order valence-electron chi connectivity index (χ0n) is 16.9. The fourth-order valence-electron chi connectivity index (χ4n) is 3.49. The molecule has 5 rings (SSSR count). The van der Waals surface area contributed by atoms with E-state index in [1.807, 2.05) is 55.5 Å². The molecule has 0 spiro atoms. The van der Waals surface area contributed by atoms with Crippen molar-refractivity contribution < 1.29 is 14.3 Å². The Bertz CT molecular complexity index is 1470. The maximum atomic E-state index is 12.7. The van der Waals surface area contributed by atoms with E-state index in [9.17, 15) is 9.90 Å². The molecule has 0 bridgehead atoms. The van der Waals surface area contributed by atoms with E-state index >= 15 is 0 Å². The molecule has 5 aromatic rings. The predicted molar refractivity (Wildman–Crippen MR) is 131 cm³/mol. The molecule has 2 aromatic heterocycles. The van der Waals surface area contributed by atoms with E-state index in [1.165, 1.54) is 11.3 Å². The summed E-state index contributed by atoms with van der Waals surface area (Å²) in [7, 11) is 0. The molecule has 0 saturated heterocycles. The van der Waals surface area contributed by atoms with Gasteiger partial charge in [-0.2, -0.15) is 0 Å². The summed E-state index contributed by atoms with van der Waals surface area (Å²) in [5.41, 5.74) is 3.47. The fraction of sp³-hybridized carbons (Fsp3) is 0.0417. The molecule has 3 N–H and O–H groups in total. The lowest BCUT2D eigenvalue weighted by molar-refractivity contribution is 0.0952. The van der Waals surface area contributed by atoms with Crippen molar-refractivity contribution in [2.24, 2.45) is 0 Å². The number of amides is 1. The Morgan fingerprint density at radius 3 is 2.69 bits per heavy atom. The molecule has 0 aliphatic carbocycles. The van der Waals surface area contributed by atoms with Crippen molar-refractivity contribution in [2.75, 3.05) is 5.32 Å². The average molecular weight is 460 g/mol. The average Bonchev–Trinajstić information content (AvgIpc) is 3.36. The zero-order valence-corrected chi connectivity index (χ0v) is 18.5. The number of furan rings is 1.